The molecule has 0 amide bonds. The Morgan fingerprint density at radius 3 is 2.45 bits per heavy atom. The Morgan fingerprint density at radius 1 is 1.05 bits per heavy atom. The quantitative estimate of drug-likeness (QED) is 0.639. The number of allylic oxidation sites excluding steroid dienone is 1. The highest BCUT2D eigenvalue weighted by molar-refractivity contribution is 5.21. The van der Waals surface area contributed by atoms with Gasteiger partial charge in [-0.1, -0.05) is 26.3 Å². The van der Waals surface area contributed by atoms with Gasteiger partial charge in [0.1, 0.15) is 0 Å². The monoisotopic (exact) mass is 304 g/mol. The van der Waals surface area contributed by atoms with Crippen LogP contribution in [0.15, 0.2) is 11.6 Å². The van der Waals surface area contributed by atoms with Crippen molar-refractivity contribution in [3.05, 3.63) is 11.6 Å². The van der Waals surface area contributed by atoms with E-state index < -0.39 is 0 Å². The van der Waals surface area contributed by atoms with Gasteiger partial charge in [0, 0.05) is 0 Å². The average Bonchev–Trinajstić information content (AvgIpc) is 2.93. The summed E-state index contributed by atoms with van der Waals surface area (Å²) in [5, 5.41) is 0. The van der Waals surface area contributed by atoms with Gasteiger partial charge in [0.05, 0.1) is 11.7 Å². The third-order valence-corrected chi connectivity index (χ3v) is 7.98. The maximum absolute atomic E-state index is 6.53. The van der Waals surface area contributed by atoms with E-state index >= 15 is 0 Å². The number of hydrogen-bond donors (Lipinski definition) is 0. The van der Waals surface area contributed by atoms with Crippen LogP contribution in [0, 0.1) is 28.6 Å². The van der Waals surface area contributed by atoms with E-state index in [1.807, 2.05) is 0 Å². The van der Waals surface area contributed by atoms with Gasteiger partial charge in [-0.25, -0.2) is 0 Å². The van der Waals surface area contributed by atoms with Crippen LogP contribution in [-0.2, 0) is 9.47 Å². The largest absolute Gasteiger partial charge is 0.343 e. The second-order valence-corrected chi connectivity index (χ2v) is 9.59. The molecule has 3 aliphatic carbocycles. The van der Waals surface area contributed by atoms with Crippen molar-refractivity contribution >= 4 is 0 Å². The van der Waals surface area contributed by atoms with Crippen LogP contribution < -0.4 is 0 Å². The Kier molecular flexibility index (Phi) is 3.03. The summed E-state index contributed by atoms with van der Waals surface area (Å²) in [6.07, 6.45) is 7.66. The average molecular weight is 304 g/mol. The molecule has 2 heteroatoms. The number of ether oxygens (including phenoxy) is 2. The third kappa shape index (κ3) is 1.69. The highest BCUT2D eigenvalue weighted by Gasteiger charge is 2.73. The predicted octanol–water partition coefficient (Wildman–Crippen LogP) is 4.94. The molecule has 0 radical (unpaired) electrons. The highest BCUT2D eigenvalue weighted by atomic mass is 16.7. The summed E-state index contributed by atoms with van der Waals surface area (Å²) < 4.78 is 12.9. The molecule has 1 heterocycles. The Balaban J connectivity index is 1.73. The minimum Gasteiger partial charge on any atom is -0.343 e. The van der Waals surface area contributed by atoms with Crippen molar-refractivity contribution < 1.29 is 9.47 Å². The van der Waals surface area contributed by atoms with Crippen molar-refractivity contribution in [3.8, 4) is 0 Å². The highest BCUT2D eigenvalue weighted by Crippen LogP contribution is 2.74. The lowest BCUT2D eigenvalue weighted by atomic mass is 9.63. The number of hydrogen-bond acceptors (Lipinski definition) is 2. The van der Waals surface area contributed by atoms with Crippen molar-refractivity contribution in [3.63, 3.8) is 0 Å². The summed E-state index contributed by atoms with van der Waals surface area (Å²) in [5.41, 5.74) is 2.07. The van der Waals surface area contributed by atoms with Gasteiger partial charge in [-0.05, 0) is 81.1 Å². The smallest absolute Gasteiger partial charge is 0.178 e. The fourth-order valence-electron chi connectivity index (χ4n) is 6.94. The lowest BCUT2D eigenvalue weighted by Gasteiger charge is -2.47. The van der Waals surface area contributed by atoms with E-state index in [0.29, 0.717) is 16.7 Å². The maximum Gasteiger partial charge on any atom is 0.178 e. The van der Waals surface area contributed by atoms with Crippen LogP contribution in [0.25, 0.3) is 0 Å². The van der Waals surface area contributed by atoms with E-state index in [0.717, 1.165) is 11.8 Å². The van der Waals surface area contributed by atoms with Crippen LogP contribution in [0.2, 0.25) is 0 Å². The number of fused-ring (bicyclic) bond motifs is 3. The fraction of sp³-hybridized carbons (Fsp3) is 0.900. The molecule has 124 valence electrons. The van der Waals surface area contributed by atoms with Crippen LogP contribution in [0.4, 0.5) is 0 Å². The van der Waals surface area contributed by atoms with Crippen LogP contribution in [-0.4, -0.2) is 18.0 Å². The molecule has 1 saturated heterocycles. The first kappa shape index (κ1) is 15.2. The summed E-state index contributed by atoms with van der Waals surface area (Å²) >= 11 is 0. The molecule has 0 aromatic carbocycles. The van der Waals surface area contributed by atoms with Crippen LogP contribution in [0.1, 0.15) is 67.2 Å². The molecule has 0 aromatic heterocycles. The summed E-state index contributed by atoms with van der Waals surface area (Å²) in [5.74, 6) is 2.33. The molecule has 0 unspecified atom stereocenters. The van der Waals surface area contributed by atoms with Crippen molar-refractivity contribution in [2.45, 2.75) is 85.2 Å². The lowest BCUT2D eigenvalue weighted by molar-refractivity contribution is -0.105. The van der Waals surface area contributed by atoms with E-state index in [9.17, 15) is 0 Å². The first-order valence-electron chi connectivity index (χ1n) is 9.18. The van der Waals surface area contributed by atoms with E-state index in [2.05, 4.69) is 47.6 Å². The van der Waals surface area contributed by atoms with Crippen molar-refractivity contribution in [1.82, 2.24) is 0 Å². The molecule has 4 aliphatic rings. The topological polar surface area (TPSA) is 18.5 Å². The molecule has 1 spiro atoms. The first-order chi connectivity index (χ1) is 10.2. The zero-order valence-corrected chi connectivity index (χ0v) is 15.1. The third-order valence-electron chi connectivity index (χ3n) is 7.98. The normalized spacial score (nSPS) is 54.9. The van der Waals surface area contributed by atoms with Gasteiger partial charge >= 0.3 is 0 Å². The SMILES string of the molecule is CC(C)=C[C@H]1O[C@H]2C[C@@]34C[C@H](C(C)(C)[C@@H]3CC[C@H]4C)[C@@]2(C)O1. The van der Waals surface area contributed by atoms with E-state index in [4.69, 9.17) is 9.47 Å². The maximum atomic E-state index is 6.53. The zero-order valence-electron chi connectivity index (χ0n) is 15.1. The molecular formula is C20H32O2. The van der Waals surface area contributed by atoms with Gasteiger partial charge in [-0.3, -0.25) is 0 Å². The summed E-state index contributed by atoms with van der Waals surface area (Å²) in [7, 11) is 0. The van der Waals surface area contributed by atoms with Crippen LogP contribution in [0.3, 0.4) is 0 Å². The molecule has 7 atom stereocenters. The predicted molar refractivity (Wildman–Crippen MR) is 88.4 cm³/mol. The van der Waals surface area contributed by atoms with Gasteiger partial charge in [0.25, 0.3) is 0 Å². The second kappa shape index (κ2) is 4.39. The molecule has 2 nitrogen and oxygen atoms in total. The Labute approximate surface area is 135 Å². The lowest BCUT2D eigenvalue weighted by Crippen LogP contribution is -2.52. The number of rotatable bonds is 1. The molecule has 4 fully saturated rings. The van der Waals surface area contributed by atoms with Crippen molar-refractivity contribution in [2.75, 3.05) is 0 Å². The van der Waals surface area contributed by atoms with E-state index in [1.165, 1.54) is 31.3 Å². The van der Waals surface area contributed by atoms with Gasteiger partial charge in [0.2, 0.25) is 0 Å². The van der Waals surface area contributed by atoms with E-state index in [-0.39, 0.29) is 18.0 Å². The molecule has 0 N–H and O–H groups in total. The molecule has 4 rings (SSSR count). The van der Waals surface area contributed by atoms with Crippen molar-refractivity contribution in [1.29, 1.82) is 0 Å². The van der Waals surface area contributed by atoms with Crippen LogP contribution >= 0.6 is 0 Å². The van der Waals surface area contributed by atoms with Gasteiger partial charge in [-0.2, -0.15) is 0 Å². The fourth-order valence-corrected chi connectivity index (χ4v) is 6.94. The molecule has 2 bridgehead atoms. The minimum atomic E-state index is -0.137. The molecular weight excluding hydrogens is 272 g/mol. The van der Waals surface area contributed by atoms with Gasteiger partial charge in [0.15, 0.2) is 6.29 Å². The van der Waals surface area contributed by atoms with Gasteiger partial charge < -0.3 is 9.47 Å². The van der Waals surface area contributed by atoms with Gasteiger partial charge in [-0.15, -0.1) is 0 Å². The van der Waals surface area contributed by atoms with E-state index in [1.54, 1.807) is 0 Å². The summed E-state index contributed by atoms with van der Waals surface area (Å²) in [6.45, 7) is 14.1. The Bertz CT molecular complexity index is 518. The summed E-state index contributed by atoms with van der Waals surface area (Å²) in [4.78, 5) is 0. The Morgan fingerprint density at radius 2 is 1.77 bits per heavy atom. The second-order valence-electron chi connectivity index (χ2n) is 9.59. The standard InChI is InChI=1S/C20H32O2/c1-12(2)9-17-21-16-11-20-10-15(19(16,6)22-17)18(4,5)14(20)8-7-13(20)3/h9,13-17H,7-8,10-11H2,1-6H3/t13-,14+,15-,16+,17+,19-,20-/m1/s1. The molecule has 22 heavy (non-hydrogen) atoms. The minimum absolute atomic E-state index is 0.102. The van der Waals surface area contributed by atoms with Crippen LogP contribution in [0.5, 0.6) is 0 Å². The molecule has 1 aliphatic heterocycles. The summed E-state index contributed by atoms with van der Waals surface area (Å²) in [6, 6.07) is 0. The molecule has 3 saturated carbocycles. The zero-order chi connectivity index (χ0) is 15.9. The first-order valence-corrected chi connectivity index (χ1v) is 9.18. The van der Waals surface area contributed by atoms with Crippen molar-refractivity contribution in [2.24, 2.45) is 28.6 Å². The Hall–Kier alpha value is -0.340. The molecule has 0 aromatic rings.